The smallest absolute Gasteiger partial charge is 0.255 e. The number of carbonyl (C=O) groups excluding carboxylic acids is 2. The maximum Gasteiger partial charge on any atom is 0.255 e. The summed E-state index contributed by atoms with van der Waals surface area (Å²) in [5.41, 5.74) is 1.87. The maximum absolute atomic E-state index is 12.2. The molecule has 112 valence electrons. The minimum Gasteiger partial charge on any atom is -0.339 e. The number of nitrogens with one attached hydrogen (secondary N) is 1. The summed E-state index contributed by atoms with van der Waals surface area (Å²) in [7, 11) is 0. The summed E-state index contributed by atoms with van der Waals surface area (Å²) in [5.74, 6) is -0.134. The Hall–Kier alpha value is -2.69. The van der Waals surface area contributed by atoms with Gasteiger partial charge in [-0.1, -0.05) is 0 Å². The molecule has 1 aromatic heterocycles. The Bertz CT molecular complexity index is 662. The van der Waals surface area contributed by atoms with Crippen LogP contribution in [0, 0.1) is 0 Å². The van der Waals surface area contributed by atoms with Crippen molar-refractivity contribution in [2.75, 3.05) is 18.4 Å². The fraction of sp³-hybridized carbons (Fsp3) is 0.235. The molecule has 0 aliphatic carbocycles. The SMILES string of the molecule is O=C(Nc1ccc(C(=O)N2CCCC2)cc1)c1ccncc1. The molecule has 22 heavy (non-hydrogen) atoms. The molecule has 2 aromatic rings. The molecule has 0 saturated carbocycles. The van der Waals surface area contributed by atoms with E-state index in [4.69, 9.17) is 0 Å². The van der Waals surface area contributed by atoms with E-state index in [2.05, 4.69) is 10.3 Å². The second-order valence-corrected chi connectivity index (χ2v) is 5.27. The Morgan fingerprint density at radius 2 is 1.55 bits per heavy atom. The Morgan fingerprint density at radius 3 is 2.18 bits per heavy atom. The highest BCUT2D eigenvalue weighted by Crippen LogP contribution is 2.16. The Morgan fingerprint density at radius 1 is 0.909 bits per heavy atom. The third-order valence-electron chi connectivity index (χ3n) is 3.73. The number of benzene rings is 1. The van der Waals surface area contributed by atoms with E-state index in [9.17, 15) is 9.59 Å². The van der Waals surface area contributed by atoms with Crippen LogP contribution in [0.4, 0.5) is 5.69 Å². The molecule has 3 rings (SSSR count). The lowest BCUT2D eigenvalue weighted by molar-refractivity contribution is 0.0792. The van der Waals surface area contributed by atoms with Crippen LogP contribution in [0.5, 0.6) is 0 Å². The molecule has 1 aliphatic rings. The highest BCUT2D eigenvalue weighted by atomic mass is 16.2. The van der Waals surface area contributed by atoms with E-state index in [0.29, 0.717) is 16.8 Å². The predicted octanol–water partition coefficient (Wildman–Crippen LogP) is 2.57. The van der Waals surface area contributed by atoms with Crippen LogP contribution in [0.15, 0.2) is 48.8 Å². The van der Waals surface area contributed by atoms with Gasteiger partial charge >= 0.3 is 0 Å². The number of likely N-dealkylation sites (tertiary alicyclic amines) is 1. The first kappa shape index (κ1) is 14.3. The zero-order valence-corrected chi connectivity index (χ0v) is 12.2. The Balaban J connectivity index is 1.66. The van der Waals surface area contributed by atoms with Crippen molar-refractivity contribution in [1.82, 2.24) is 9.88 Å². The average Bonchev–Trinajstić information content (AvgIpc) is 3.10. The first-order chi connectivity index (χ1) is 10.7. The van der Waals surface area contributed by atoms with E-state index in [-0.39, 0.29) is 11.8 Å². The van der Waals surface area contributed by atoms with E-state index >= 15 is 0 Å². The average molecular weight is 295 g/mol. The molecule has 1 fully saturated rings. The van der Waals surface area contributed by atoms with Gasteiger partial charge in [0.15, 0.2) is 0 Å². The molecule has 1 aliphatic heterocycles. The molecule has 1 aromatic carbocycles. The van der Waals surface area contributed by atoms with Crippen LogP contribution in [-0.4, -0.2) is 34.8 Å². The first-order valence-electron chi connectivity index (χ1n) is 7.35. The monoisotopic (exact) mass is 295 g/mol. The van der Waals surface area contributed by atoms with Gasteiger partial charge in [-0.3, -0.25) is 14.6 Å². The summed E-state index contributed by atoms with van der Waals surface area (Å²) >= 11 is 0. The summed E-state index contributed by atoms with van der Waals surface area (Å²) < 4.78 is 0. The van der Waals surface area contributed by atoms with E-state index in [1.165, 1.54) is 0 Å². The molecule has 2 amide bonds. The van der Waals surface area contributed by atoms with Crippen LogP contribution in [0.1, 0.15) is 33.6 Å². The van der Waals surface area contributed by atoms with Crippen molar-refractivity contribution in [1.29, 1.82) is 0 Å². The van der Waals surface area contributed by atoms with Crippen molar-refractivity contribution < 1.29 is 9.59 Å². The van der Waals surface area contributed by atoms with Gasteiger partial charge in [-0.15, -0.1) is 0 Å². The quantitative estimate of drug-likeness (QED) is 0.946. The van der Waals surface area contributed by atoms with Gasteiger partial charge in [-0.25, -0.2) is 0 Å². The summed E-state index contributed by atoms with van der Waals surface area (Å²) in [6.07, 6.45) is 5.30. The summed E-state index contributed by atoms with van der Waals surface area (Å²) in [6, 6.07) is 10.3. The number of nitrogens with zero attached hydrogens (tertiary/aromatic N) is 2. The van der Waals surface area contributed by atoms with Gasteiger partial charge in [-0.2, -0.15) is 0 Å². The van der Waals surface area contributed by atoms with Crippen molar-refractivity contribution in [3.05, 3.63) is 59.9 Å². The molecule has 0 unspecified atom stereocenters. The number of amides is 2. The molecular formula is C17H17N3O2. The van der Waals surface area contributed by atoms with Crippen LogP contribution in [0.2, 0.25) is 0 Å². The van der Waals surface area contributed by atoms with Gasteiger partial charge in [0.2, 0.25) is 0 Å². The van der Waals surface area contributed by atoms with Crippen molar-refractivity contribution in [3.63, 3.8) is 0 Å². The molecular weight excluding hydrogens is 278 g/mol. The van der Waals surface area contributed by atoms with Crippen LogP contribution in [0.3, 0.4) is 0 Å². The fourth-order valence-electron chi connectivity index (χ4n) is 2.51. The van der Waals surface area contributed by atoms with Crippen molar-refractivity contribution >= 4 is 17.5 Å². The van der Waals surface area contributed by atoms with E-state index in [1.807, 2.05) is 4.90 Å². The zero-order valence-electron chi connectivity index (χ0n) is 12.2. The van der Waals surface area contributed by atoms with Gasteiger partial charge in [0.05, 0.1) is 0 Å². The van der Waals surface area contributed by atoms with Gasteiger partial charge in [0.25, 0.3) is 11.8 Å². The van der Waals surface area contributed by atoms with Crippen LogP contribution >= 0.6 is 0 Å². The number of rotatable bonds is 3. The highest BCUT2D eigenvalue weighted by molar-refractivity contribution is 6.04. The number of hydrogen-bond acceptors (Lipinski definition) is 3. The standard InChI is InChI=1S/C17H17N3O2/c21-16(13-7-9-18-10-8-13)19-15-5-3-14(4-6-15)17(22)20-11-1-2-12-20/h3-10H,1-2,11-12H2,(H,19,21). The molecule has 1 N–H and O–H groups in total. The Labute approximate surface area is 129 Å². The minimum atomic E-state index is -0.194. The number of anilines is 1. The van der Waals surface area contributed by atoms with Crippen molar-refractivity contribution in [2.45, 2.75) is 12.8 Å². The molecule has 1 saturated heterocycles. The largest absolute Gasteiger partial charge is 0.339 e. The minimum absolute atomic E-state index is 0.0597. The molecule has 5 heteroatoms. The van der Waals surface area contributed by atoms with E-state index in [1.54, 1.807) is 48.8 Å². The van der Waals surface area contributed by atoms with Crippen LogP contribution in [0.25, 0.3) is 0 Å². The van der Waals surface area contributed by atoms with Gasteiger partial charge in [0.1, 0.15) is 0 Å². The molecule has 0 spiro atoms. The second kappa shape index (κ2) is 6.39. The summed E-state index contributed by atoms with van der Waals surface area (Å²) in [5, 5.41) is 2.80. The number of pyridine rings is 1. The van der Waals surface area contributed by atoms with Crippen molar-refractivity contribution in [3.8, 4) is 0 Å². The predicted molar refractivity (Wildman–Crippen MR) is 83.8 cm³/mol. The third kappa shape index (κ3) is 3.14. The number of aromatic nitrogens is 1. The third-order valence-corrected chi connectivity index (χ3v) is 3.73. The fourth-order valence-corrected chi connectivity index (χ4v) is 2.51. The molecule has 0 atom stereocenters. The van der Waals surface area contributed by atoms with Crippen LogP contribution in [-0.2, 0) is 0 Å². The lowest BCUT2D eigenvalue weighted by atomic mass is 10.1. The first-order valence-corrected chi connectivity index (χ1v) is 7.35. The van der Waals surface area contributed by atoms with Gasteiger partial charge in [-0.05, 0) is 49.2 Å². The lowest BCUT2D eigenvalue weighted by Crippen LogP contribution is -2.27. The number of carbonyl (C=O) groups is 2. The summed E-state index contributed by atoms with van der Waals surface area (Å²) in [6.45, 7) is 1.67. The van der Waals surface area contributed by atoms with E-state index < -0.39 is 0 Å². The molecule has 5 nitrogen and oxygen atoms in total. The summed E-state index contributed by atoms with van der Waals surface area (Å²) in [4.78, 5) is 30.0. The van der Waals surface area contributed by atoms with Gasteiger partial charge < -0.3 is 10.2 Å². The molecule has 0 radical (unpaired) electrons. The topological polar surface area (TPSA) is 62.3 Å². The second-order valence-electron chi connectivity index (χ2n) is 5.27. The zero-order chi connectivity index (χ0) is 15.4. The number of hydrogen-bond donors (Lipinski definition) is 1. The highest BCUT2D eigenvalue weighted by Gasteiger charge is 2.19. The molecule has 2 heterocycles. The normalized spacial score (nSPS) is 13.9. The maximum atomic E-state index is 12.2. The Kier molecular flexibility index (Phi) is 4.14. The van der Waals surface area contributed by atoms with Crippen molar-refractivity contribution in [2.24, 2.45) is 0 Å². The lowest BCUT2D eigenvalue weighted by Gasteiger charge is -2.15. The van der Waals surface area contributed by atoms with E-state index in [0.717, 1.165) is 25.9 Å². The molecule has 0 bridgehead atoms. The van der Waals surface area contributed by atoms with Gasteiger partial charge in [0, 0.05) is 42.3 Å². The van der Waals surface area contributed by atoms with Crippen LogP contribution < -0.4 is 5.32 Å².